The average Bonchev–Trinajstić information content (AvgIpc) is 2.80. The Morgan fingerprint density at radius 1 is 1.11 bits per heavy atom. The highest BCUT2D eigenvalue weighted by Crippen LogP contribution is 2.31. The number of carboxylic acid groups (broad SMARTS) is 1. The molecule has 0 spiro atoms. The molecule has 18 heavy (non-hydrogen) atoms. The molecule has 3 N–H and O–H groups in total. The molecule has 102 valence electrons. The zero-order valence-corrected chi connectivity index (χ0v) is 10.9. The largest absolute Gasteiger partial charge is 0.480 e. The lowest BCUT2D eigenvalue weighted by Gasteiger charge is -2.37. The van der Waals surface area contributed by atoms with Crippen molar-refractivity contribution in [1.82, 2.24) is 10.6 Å². The van der Waals surface area contributed by atoms with Crippen LogP contribution in [0, 0.1) is 0 Å². The number of carboxylic acids is 1. The molecule has 5 heteroatoms. The number of carbonyl (C=O) groups is 2. The summed E-state index contributed by atoms with van der Waals surface area (Å²) in [5, 5.41) is 15.4. The van der Waals surface area contributed by atoms with Crippen LogP contribution in [0.3, 0.4) is 0 Å². The lowest BCUT2D eigenvalue weighted by Crippen LogP contribution is -2.63. The zero-order chi connectivity index (χ0) is 13.2. The van der Waals surface area contributed by atoms with Crippen LogP contribution < -0.4 is 10.6 Å². The Kier molecular flexibility index (Phi) is 3.61. The van der Waals surface area contributed by atoms with E-state index >= 15 is 0 Å². The van der Waals surface area contributed by atoms with Gasteiger partial charge in [-0.2, -0.15) is 0 Å². The summed E-state index contributed by atoms with van der Waals surface area (Å²) in [4.78, 5) is 23.8. The van der Waals surface area contributed by atoms with Crippen LogP contribution in [0.25, 0.3) is 0 Å². The third-order valence-electron chi connectivity index (χ3n) is 4.34. The maximum atomic E-state index is 12.3. The third kappa shape index (κ3) is 2.36. The normalized spacial score (nSPS) is 30.9. The van der Waals surface area contributed by atoms with Gasteiger partial charge in [-0.3, -0.25) is 4.79 Å². The second-order valence-corrected chi connectivity index (χ2v) is 5.76. The van der Waals surface area contributed by atoms with E-state index in [4.69, 9.17) is 0 Å². The molecule has 1 saturated heterocycles. The summed E-state index contributed by atoms with van der Waals surface area (Å²) in [6.07, 6.45) is 5.69. The molecule has 1 atom stereocenters. The summed E-state index contributed by atoms with van der Waals surface area (Å²) >= 11 is 0. The number of rotatable bonds is 3. The third-order valence-corrected chi connectivity index (χ3v) is 4.34. The predicted octanol–water partition coefficient (Wildman–Crippen LogP) is 1.03. The number of aliphatic carboxylic acids is 1. The van der Waals surface area contributed by atoms with Crippen LogP contribution in [0.4, 0.5) is 0 Å². The van der Waals surface area contributed by atoms with Gasteiger partial charge in [-0.25, -0.2) is 4.79 Å². The van der Waals surface area contributed by atoms with E-state index in [1.807, 2.05) is 6.92 Å². The molecule has 0 aromatic carbocycles. The summed E-state index contributed by atoms with van der Waals surface area (Å²) in [6.45, 7) is 2.69. The Labute approximate surface area is 107 Å². The van der Waals surface area contributed by atoms with E-state index in [9.17, 15) is 14.7 Å². The summed E-state index contributed by atoms with van der Waals surface area (Å²) < 4.78 is 0. The van der Waals surface area contributed by atoms with Crippen LogP contribution in [0.1, 0.15) is 51.9 Å². The Morgan fingerprint density at radius 3 is 2.22 bits per heavy atom. The van der Waals surface area contributed by atoms with Gasteiger partial charge in [-0.15, -0.1) is 0 Å². The van der Waals surface area contributed by atoms with E-state index in [0.29, 0.717) is 12.8 Å². The van der Waals surface area contributed by atoms with E-state index in [-0.39, 0.29) is 5.91 Å². The standard InChI is InChI=1S/C13H22N2O3/c1-12(6-4-5-9-14-12)10(16)15-13(11(17)18)7-2-3-8-13/h14H,2-9H2,1H3,(H,15,16)(H,17,18). The van der Waals surface area contributed by atoms with Gasteiger partial charge in [0.05, 0.1) is 5.54 Å². The SMILES string of the molecule is CC1(C(=O)NC2(C(=O)O)CCCC2)CCCCN1. The second kappa shape index (κ2) is 4.88. The molecule has 0 radical (unpaired) electrons. The number of amides is 1. The Hall–Kier alpha value is -1.10. The molecular weight excluding hydrogens is 232 g/mol. The first-order valence-electron chi connectivity index (χ1n) is 6.80. The van der Waals surface area contributed by atoms with Gasteiger partial charge in [-0.05, 0) is 45.6 Å². The van der Waals surface area contributed by atoms with E-state index in [1.165, 1.54) is 0 Å². The van der Waals surface area contributed by atoms with Crippen LogP contribution in [0.2, 0.25) is 0 Å². The first-order valence-corrected chi connectivity index (χ1v) is 6.80. The molecule has 2 rings (SSSR count). The number of nitrogens with one attached hydrogen (secondary N) is 2. The fraction of sp³-hybridized carbons (Fsp3) is 0.846. The Morgan fingerprint density at radius 2 is 1.72 bits per heavy atom. The lowest BCUT2D eigenvalue weighted by molar-refractivity contribution is -0.148. The van der Waals surface area contributed by atoms with Gasteiger partial charge in [0.15, 0.2) is 0 Å². The smallest absolute Gasteiger partial charge is 0.329 e. The minimum absolute atomic E-state index is 0.161. The summed E-state index contributed by atoms with van der Waals surface area (Å²) in [5.41, 5.74) is -1.64. The van der Waals surface area contributed by atoms with Crippen LogP contribution in [0.5, 0.6) is 0 Å². The summed E-state index contributed by atoms with van der Waals surface area (Å²) in [6, 6.07) is 0. The highest BCUT2D eigenvalue weighted by atomic mass is 16.4. The molecule has 1 aliphatic carbocycles. The van der Waals surface area contributed by atoms with Gasteiger partial charge >= 0.3 is 5.97 Å². The van der Waals surface area contributed by atoms with Crippen molar-refractivity contribution in [2.24, 2.45) is 0 Å². The summed E-state index contributed by atoms with van der Waals surface area (Å²) in [5.74, 6) is -1.06. The topological polar surface area (TPSA) is 78.4 Å². The zero-order valence-electron chi connectivity index (χ0n) is 10.9. The van der Waals surface area contributed by atoms with Crippen molar-refractivity contribution >= 4 is 11.9 Å². The molecule has 1 aliphatic heterocycles. The molecule has 5 nitrogen and oxygen atoms in total. The average molecular weight is 254 g/mol. The number of carbonyl (C=O) groups excluding carboxylic acids is 1. The van der Waals surface area contributed by atoms with Crippen molar-refractivity contribution in [2.75, 3.05) is 6.54 Å². The summed E-state index contributed by atoms with van der Waals surface area (Å²) in [7, 11) is 0. The van der Waals surface area contributed by atoms with Crippen molar-refractivity contribution < 1.29 is 14.7 Å². The maximum absolute atomic E-state index is 12.3. The molecule has 1 saturated carbocycles. The van der Waals surface area contributed by atoms with Gasteiger partial charge in [-0.1, -0.05) is 12.8 Å². The van der Waals surface area contributed by atoms with E-state index in [1.54, 1.807) is 0 Å². The number of hydrogen-bond donors (Lipinski definition) is 3. The van der Waals surface area contributed by atoms with Gasteiger partial charge in [0.1, 0.15) is 5.54 Å². The van der Waals surface area contributed by atoms with Gasteiger partial charge in [0.2, 0.25) is 5.91 Å². The Bertz CT molecular complexity index is 342. The van der Waals surface area contributed by atoms with E-state index in [2.05, 4.69) is 10.6 Å². The first kappa shape index (κ1) is 13.3. The first-order chi connectivity index (χ1) is 8.49. The lowest BCUT2D eigenvalue weighted by atomic mass is 9.88. The van der Waals surface area contributed by atoms with E-state index in [0.717, 1.165) is 38.6 Å². The quantitative estimate of drug-likeness (QED) is 0.703. The highest BCUT2D eigenvalue weighted by Gasteiger charge is 2.46. The maximum Gasteiger partial charge on any atom is 0.329 e. The molecule has 1 amide bonds. The molecule has 2 fully saturated rings. The Balaban J connectivity index is 2.07. The van der Waals surface area contributed by atoms with Crippen molar-refractivity contribution in [3.8, 4) is 0 Å². The highest BCUT2D eigenvalue weighted by molar-refractivity contribution is 5.92. The number of hydrogen-bond acceptors (Lipinski definition) is 3. The minimum Gasteiger partial charge on any atom is -0.480 e. The van der Waals surface area contributed by atoms with E-state index < -0.39 is 17.0 Å². The predicted molar refractivity (Wildman–Crippen MR) is 67.2 cm³/mol. The van der Waals surface area contributed by atoms with Crippen LogP contribution >= 0.6 is 0 Å². The van der Waals surface area contributed by atoms with Crippen molar-refractivity contribution in [3.05, 3.63) is 0 Å². The molecular formula is C13H22N2O3. The van der Waals surface area contributed by atoms with Gasteiger partial charge < -0.3 is 15.7 Å². The second-order valence-electron chi connectivity index (χ2n) is 5.76. The molecule has 0 aromatic rings. The van der Waals surface area contributed by atoms with Crippen molar-refractivity contribution in [3.63, 3.8) is 0 Å². The fourth-order valence-electron chi connectivity index (χ4n) is 2.98. The molecule has 1 heterocycles. The van der Waals surface area contributed by atoms with Crippen molar-refractivity contribution in [1.29, 1.82) is 0 Å². The number of piperidine rings is 1. The minimum atomic E-state index is -1.03. The molecule has 2 aliphatic rings. The van der Waals surface area contributed by atoms with Crippen LogP contribution in [-0.2, 0) is 9.59 Å². The molecule has 0 bridgehead atoms. The van der Waals surface area contributed by atoms with Crippen LogP contribution in [-0.4, -0.2) is 34.6 Å². The molecule has 1 unspecified atom stereocenters. The molecule has 0 aromatic heterocycles. The van der Waals surface area contributed by atoms with Gasteiger partial charge in [0.25, 0.3) is 0 Å². The van der Waals surface area contributed by atoms with Crippen LogP contribution in [0.15, 0.2) is 0 Å². The van der Waals surface area contributed by atoms with Gasteiger partial charge in [0, 0.05) is 0 Å². The monoisotopic (exact) mass is 254 g/mol. The fourth-order valence-corrected chi connectivity index (χ4v) is 2.98. The van der Waals surface area contributed by atoms with Crippen molar-refractivity contribution in [2.45, 2.75) is 62.9 Å².